The third kappa shape index (κ3) is 4.51. The van der Waals surface area contributed by atoms with Crippen molar-refractivity contribution >= 4 is 33.2 Å². The van der Waals surface area contributed by atoms with E-state index in [0.29, 0.717) is 0 Å². The molecule has 1 unspecified atom stereocenters. The van der Waals surface area contributed by atoms with Crippen molar-refractivity contribution in [1.29, 1.82) is 0 Å². The molecule has 6 nitrogen and oxygen atoms in total. The summed E-state index contributed by atoms with van der Waals surface area (Å²) < 4.78 is 30.2. The molecule has 0 fully saturated rings. The second-order valence-corrected chi connectivity index (χ2v) is 6.71. The summed E-state index contributed by atoms with van der Waals surface area (Å²) in [5.41, 5.74) is 5.36. The van der Waals surface area contributed by atoms with E-state index in [1.54, 1.807) is 20.8 Å². The van der Waals surface area contributed by atoms with Crippen LogP contribution in [0.3, 0.4) is 0 Å². The summed E-state index contributed by atoms with van der Waals surface area (Å²) in [4.78, 5) is 11.3. The Morgan fingerprint density at radius 1 is 1.39 bits per heavy atom. The summed E-state index contributed by atoms with van der Waals surface area (Å²) in [6.45, 7) is 6.27. The van der Waals surface area contributed by atoms with E-state index in [9.17, 15) is 13.2 Å². The number of sulfonamides is 1. The molecule has 0 aliphatic heterocycles. The van der Waals surface area contributed by atoms with Gasteiger partial charge in [-0.3, -0.25) is 4.79 Å². The molecular weight excluding hydrogens is 276 g/mol. The molecule has 0 aromatic carbocycles. The predicted octanol–water partition coefficient (Wildman–Crippen LogP) is 0.264. The van der Waals surface area contributed by atoms with Crippen LogP contribution in [-0.4, -0.2) is 48.1 Å². The number of thiocarbonyl (C=S) groups is 1. The first-order chi connectivity index (χ1) is 8.14. The van der Waals surface area contributed by atoms with Gasteiger partial charge in [-0.15, -0.1) is 0 Å². The highest BCUT2D eigenvalue weighted by molar-refractivity contribution is 7.92. The summed E-state index contributed by atoms with van der Waals surface area (Å²) in [5, 5.41) is -1.01. The van der Waals surface area contributed by atoms with Crippen molar-refractivity contribution in [1.82, 2.24) is 4.31 Å². The van der Waals surface area contributed by atoms with E-state index in [1.165, 1.54) is 6.92 Å². The monoisotopic (exact) mass is 296 g/mol. The Hall–Kier alpha value is -0.730. The Kier molecular flexibility index (Phi) is 6.72. The van der Waals surface area contributed by atoms with Gasteiger partial charge in [0.2, 0.25) is 10.0 Å². The average molecular weight is 296 g/mol. The molecule has 106 valence electrons. The number of carbonyl (C=O) groups is 1. The van der Waals surface area contributed by atoms with Gasteiger partial charge in [0, 0.05) is 6.04 Å². The maximum absolute atomic E-state index is 12.2. The highest BCUT2D eigenvalue weighted by atomic mass is 32.2. The zero-order chi connectivity index (χ0) is 14.5. The fraction of sp³-hybridized carbons (Fsp3) is 0.800. The minimum Gasteiger partial charge on any atom is -0.465 e. The van der Waals surface area contributed by atoms with Crippen LogP contribution in [-0.2, 0) is 19.6 Å². The molecule has 0 saturated heterocycles. The van der Waals surface area contributed by atoms with Crippen LogP contribution in [0.4, 0.5) is 0 Å². The van der Waals surface area contributed by atoms with Crippen molar-refractivity contribution in [3.8, 4) is 0 Å². The van der Waals surface area contributed by atoms with E-state index in [-0.39, 0.29) is 24.2 Å². The van der Waals surface area contributed by atoms with E-state index < -0.39 is 21.2 Å². The molecule has 8 heteroatoms. The van der Waals surface area contributed by atoms with Crippen molar-refractivity contribution in [3.63, 3.8) is 0 Å². The third-order valence-corrected chi connectivity index (χ3v) is 5.20. The average Bonchev–Trinajstić information content (AvgIpc) is 2.24. The summed E-state index contributed by atoms with van der Waals surface area (Å²) in [5.74, 6) is -0.593. The highest BCUT2D eigenvalue weighted by Gasteiger charge is 2.34. The van der Waals surface area contributed by atoms with Gasteiger partial charge in [0.25, 0.3) is 0 Å². The summed E-state index contributed by atoms with van der Waals surface area (Å²) >= 11 is 4.69. The Balaban J connectivity index is 5.12. The largest absolute Gasteiger partial charge is 0.465 e. The lowest BCUT2D eigenvalue weighted by atomic mass is 10.4. The summed E-state index contributed by atoms with van der Waals surface area (Å²) in [6.07, 6.45) is 0. The summed E-state index contributed by atoms with van der Waals surface area (Å²) in [6, 6.07) is -0.379. The number of esters is 1. The SMILES string of the molecule is CCOC(=O)CN(C(C)C)S(=O)(=O)C(C)C(N)=S. The molecule has 0 saturated carbocycles. The molecule has 0 aromatic heterocycles. The molecule has 0 radical (unpaired) electrons. The van der Waals surface area contributed by atoms with Gasteiger partial charge in [0.15, 0.2) is 0 Å². The van der Waals surface area contributed by atoms with Gasteiger partial charge in [-0.05, 0) is 27.7 Å². The van der Waals surface area contributed by atoms with Gasteiger partial charge in [-0.25, -0.2) is 8.42 Å². The molecule has 18 heavy (non-hydrogen) atoms. The maximum Gasteiger partial charge on any atom is 0.321 e. The lowest BCUT2D eigenvalue weighted by molar-refractivity contribution is -0.143. The van der Waals surface area contributed by atoms with Gasteiger partial charge < -0.3 is 10.5 Å². The first-order valence-corrected chi connectivity index (χ1v) is 7.51. The van der Waals surface area contributed by atoms with Crippen molar-refractivity contribution in [2.75, 3.05) is 13.2 Å². The van der Waals surface area contributed by atoms with E-state index in [1.807, 2.05) is 0 Å². The van der Waals surface area contributed by atoms with Gasteiger partial charge >= 0.3 is 5.97 Å². The molecule has 1 atom stereocenters. The van der Waals surface area contributed by atoms with Crippen LogP contribution in [0.2, 0.25) is 0 Å². The standard InChI is InChI=1S/C10H20N2O4S2/c1-5-16-9(13)6-12(7(2)3)18(14,15)8(4)10(11)17/h7-8H,5-6H2,1-4H3,(H2,11,17). The molecule has 2 N–H and O–H groups in total. The number of nitrogens with two attached hydrogens (primary N) is 1. The number of hydrogen-bond donors (Lipinski definition) is 1. The molecule has 0 heterocycles. The van der Waals surface area contributed by atoms with Crippen LogP contribution in [0.5, 0.6) is 0 Å². The van der Waals surface area contributed by atoms with Crippen molar-refractivity contribution in [2.45, 2.75) is 39.0 Å². The Bertz CT molecular complexity index is 406. The minimum atomic E-state index is -3.75. The number of rotatable bonds is 7. The predicted molar refractivity (Wildman–Crippen MR) is 73.6 cm³/mol. The zero-order valence-electron chi connectivity index (χ0n) is 11.0. The van der Waals surface area contributed by atoms with Crippen molar-refractivity contribution in [3.05, 3.63) is 0 Å². The second-order valence-electron chi connectivity index (χ2n) is 4.03. The van der Waals surface area contributed by atoms with Gasteiger partial charge in [-0.2, -0.15) is 4.31 Å². The van der Waals surface area contributed by atoms with Crippen molar-refractivity contribution in [2.24, 2.45) is 5.73 Å². The Morgan fingerprint density at radius 3 is 2.22 bits per heavy atom. The Morgan fingerprint density at radius 2 is 1.89 bits per heavy atom. The van der Waals surface area contributed by atoms with Gasteiger partial charge in [0.1, 0.15) is 11.8 Å². The number of nitrogens with zero attached hydrogens (tertiary/aromatic N) is 1. The van der Waals surface area contributed by atoms with Crippen LogP contribution in [0, 0.1) is 0 Å². The summed E-state index contributed by atoms with van der Waals surface area (Å²) in [7, 11) is -3.75. The molecule has 0 aromatic rings. The minimum absolute atomic E-state index is 0.121. The molecule has 0 aliphatic carbocycles. The topological polar surface area (TPSA) is 89.7 Å². The van der Waals surface area contributed by atoms with Crippen LogP contribution < -0.4 is 5.73 Å². The fourth-order valence-corrected chi connectivity index (χ4v) is 3.19. The highest BCUT2D eigenvalue weighted by Crippen LogP contribution is 2.13. The lowest BCUT2D eigenvalue weighted by Gasteiger charge is -2.27. The molecule has 0 spiro atoms. The van der Waals surface area contributed by atoms with E-state index in [4.69, 9.17) is 22.7 Å². The first-order valence-electron chi connectivity index (χ1n) is 5.60. The maximum atomic E-state index is 12.2. The quantitative estimate of drug-likeness (QED) is 0.535. The van der Waals surface area contributed by atoms with Crippen LogP contribution in [0.1, 0.15) is 27.7 Å². The molecule has 0 rings (SSSR count). The Labute approximate surface area is 114 Å². The van der Waals surface area contributed by atoms with Crippen LogP contribution in [0.25, 0.3) is 0 Å². The van der Waals surface area contributed by atoms with E-state index in [2.05, 4.69) is 0 Å². The zero-order valence-corrected chi connectivity index (χ0v) is 12.7. The molecule has 0 aliphatic rings. The van der Waals surface area contributed by atoms with E-state index >= 15 is 0 Å². The van der Waals surface area contributed by atoms with Crippen molar-refractivity contribution < 1.29 is 17.9 Å². The number of ether oxygens (including phenoxy) is 1. The normalized spacial score (nSPS) is 13.7. The van der Waals surface area contributed by atoms with Gasteiger partial charge in [-0.1, -0.05) is 12.2 Å². The number of carbonyl (C=O) groups excluding carboxylic acids is 1. The third-order valence-electron chi connectivity index (χ3n) is 2.34. The molecular formula is C10H20N2O4S2. The van der Waals surface area contributed by atoms with E-state index in [0.717, 1.165) is 4.31 Å². The number of hydrogen-bond acceptors (Lipinski definition) is 5. The smallest absolute Gasteiger partial charge is 0.321 e. The van der Waals surface area contributed by atoms with Crippen LogP contribution >= 0.6 is 12.2 Å². The van der Waals surface area contributed by atoms with Crippen LogP contribution in [0.15, 0.2) is 0 Å². The molecule has 0 bridgehead atoms. The first kappa shape index (κ1) is 17.3. The molecule has 0 amide bonds. The fourth-order valence-electron chi connectivity index (χ4n) is 1.25. The van der Waals surface area contributed by atoms with Gasteiger partial charge in [0.05, 0.1) is 11.6 Å². The second kappa shape index (κ2) is 7.01. The lowest BCUT2D eigenvalue weighted by Crippen LogP contribution is -2.48.